The van der Waals surface area contributed by atoms with Crippen molar-refractivity contribution in [2.75, 3.05) is 6.54 Å². The monoisotopic (exact) mass is 455 g/mol. The molecule has 3 heterocycles. The van der Waals surface area contributed by atoms with Crippen LogP contribution < -0.4 is 5.56 Å². The van der Waals surface area contributed by atoms with Crippen LogP contribution in [0.1, 0.15) is 5.56 Å². The van der Waals surface area contributed by atoms with Gasteiger partial charge in [0, 0.05) is 11.1 Å². The van der Waals surface area contributed by atoms with Crippen LogP contribution in [0.5, 0.6) is 0 Å². The van der Waals surface area contributed by atoms with Crippen molar-refractivity contribution in [3.05, 3.63) is 75.6 Å². The first-order valence-corrected chi connectivity index (χ1v) is 10.7. The number of hydrogen-bond donors (Lipinski definition) is 1. The molecule has 0 radical (unpaired) electrons. The number of amides is 1. The lowest BCUT2D eigenvalue weighted by atomic mass is 10.2. The third-order valence-corrected chi connectivity index (χ3v) is 6.52. The second-order valence-electron chi connectivity index (χ2n) is 6.14. The van der Waals surface area contributed by atoms with Crippen molar-refractivity contribution < 1.29 is 14.7 Å². The largest absolute Gasteiger partial charge is 0.480 e. The minimum absolute atomic E-state index is 0.139. The maximum atomic E-state index is 13.2. The molecule has 1 saturated heterocycles. The number of aromatic nitrogens is 2. The molecule has 10 heteroatoms. The first-order valence-electron chi connectivity index (χ1n) is 8.65. The molecule has 0 bridgehead atoms. The van der Waals surface area contributed by atoms with E-state index in [1.165, 1.54) is 22.2 Å². The Bertz CT molecular complexity index is 1270. The number of carbonyl (C=O) groups is 2. The Kier molecular flexibility index (Phi) is 5.71. The molecular formula is C20H13N3O4S3. The molecular weight excluding hydrogens is 442 g/mol. The number of hydrogen-bond acceptors (Lipinski definition) is 7. The number of rotatable bonds is 5. The molecule has 0 unspecified atom stereocenters. The summed E-state index contributed by atoms with van der Waals surface area (Å²) in [4.78, 5) is 43.5. The first kappa shape index (κ1) is 20.3. The molecule has 1 aliphatic heterocycles. The Morgan fingerprint density at radius 1 is 1.17 bits per heavy atom. The number of nitrogens with zero attached hydrogens (tertiary/aromatic N) is 3. The van der Waals surface area contributed by atoms with Gasteiger partial charge in [-0.2, -0.15) is 0 Å². The van der Waals surface area contributed by atoms with Gasteiger partial charge in [0.05, 0.1) is 10.5 Å². The Balaban J connectivity index is 1.84. The highest BCUT2D eigenvalue weighted by Gasteiger charge is 2.34. The summed E-state index contributed by atoms with van der Waals surface area (Å²) < 4.78 is 1.54. The first-order chi connectivity index (χ1) is 14.4. The third-order valence-electron chi connectivity index (χ3n) is 4.13. The van der Waals surface area contributed by atoms with Gasteiger partial charge in [-0.05, 0) is 30.3 Å². The molecule has 1 N–H and O–H groups in total. The van der Waals surface area contributed by atoms with Crippen molar-refractivity contribution in [1.82, 2.24) is 14.3 Å². The van der Waals surface area contributed by atoms with E-state index in [1.807, 2.05) is 30.3 Å². The van der Waals surface area contributed by atoms with Gasteiger partial charge in [0.25, 0.3) is 11.5 Å². The van der Waals surface area contributed by atoms with Crippen LogP contribution in [0.2, 0.25) is 0 Å². The molecule has 1 aliphatic rings. The third kappa shape index (κ3) is 4.02. The molecule has 1 fully saturated rings. The summed E-state index contributed by atoms with van der Waals surface area (Å²) in [6.07, 6.45) is 3.05. The molecule has 3 aromatic rings. The summed E-state index contributed by atoms with van der Waals surface area (Å²) in [7, 11) is 0. The average molecular weight is 456 g/mol. The number of carboxylic acid groups (broad SMARTS) is 1. The van der Waals surface area contributed by atoms with Crippen molar-refractivity contribution in [3.63, 3.8) is 0 Å². The maximum absolute atomic E-state index is 13.2. The predicted molar refractivity (Wildman–Crippen MR) is 120 cm³/mol. The molecule has 1 aromatic carbocycles. The van der Waals surface area contributed by atoms with Gasteiger partial charge in [0.1, 0.15) is 21.5 Å². The molecule has 0 atom stereocenters. The van der Waals surface area contributed by atoms with E-state index in [4.69, 9.17) is 17.3 Å². The van der Waals surface area contributed by atoms with E-state index < -0.39 is 18.4 Å². The zero-order chi connectivity index (χ0) is 21.3. The zero-order valence-corrected chi connectivity index (χ0v) is 17.7. The SMILES string of the molecule is O=C(O)CN1C(=O)/C(=C\c2c(Sc3ccccc3)nc3ccccn3c2=O)SC1=S. The number of thiocarbonyl (C=S) groups is 1. The van der Waals surface area contributed by atoms with Crippen LogP contribution in [0.4, 0.5) is 0 Å². The van der Waals surface area contributed by atoms with Crippen molar-refractivity contribution in [2.24, 2.45) is 0 Å². The lowest BCUT2D eigenvalue weighted by Crippen LogP contribution is -2.33. The van der Waals surface area contributed by atoms with E-state index in [1.54, 1.807) is 24.4 Å². The fraction of sp³-hybridized carbons (Fsp3) is 0.0500. The molecule has 0 aliphatic carbocycles. The van der Waals surface area contributed by atoms with E-state index in [0.717, 1.165) is 21.6 Å². The average Bonchev–Trinajstić information content (AvgIpc) is 2.98. The van der Waals surface area contributed by atoms with Gasteiger partial charge >= 0.3 is 5.97 Å². The van der Waals surface area contributed by atoms with E-state index >= 15 is 0 Å². The Morgan fingerprint density at radius 2 is 1.90 bits per heavy atom. The summed E-state index contributed by atoms with van der Waals surface area (Å²) in [6, 6.07) is 14.7. The van der Waals surface area contributed by atoms with E-state index in [-0.39, 0.29) is 20.3 Å². The van der Waals surface area contributed by atoms with E-state index in [2.05, 4.69) is 4.98 Å². The molecule has 30 heavy (non-hydrogen) atoms. The number of aliphatic carboxylic acids is 1. The number of benzene rings is 1. The Hall–Kier alpha value is -2.95. The molecule has 0 spiro atoms. The highest BCUT2D eigenvalue weighted by molar-refractivity contribution is 8.26. The molecule has 1 amide bonds. The van der Waals surface area contributed by atoms with Gasteiger partial charge in [0.2, 0.25) is 0 Å². The minimum Gasteiger partial charge on any atom is -0.480 e. The predicted octanol–water partition coefficient (Wildman–Crippen LogP) is 3.13. The van der Waals surface area contributed by atoms with Crippen LogP contribution in [0.25, 0.3) is 11.7 Å². The number of carboxylic acids is 1. The van der Waals surface area contributed by atoms with Gasteiger partial charge in [-0.15, -0.1) is 0 Å². The van der Waals surface area contributed by atoms with E-state index in [9.17, 15) is 14.4 Å². The maximum Gasteiger partial charge on any atom is 0.323 e. The fourth-order valence-electron chi connectivity index (χ4n) is 2.79. The van der Waals surface area contributed by atoms with Gasteiger partial charge in [0.15, 0.2) is 0 Å². The van der Waals surface area contributed by atoms with Gasteiger partial charge in [-0.3, -0.25) is 23.7 Å². The number of thioether (sulfide) groups is 1. The summed E-state index contributed by atoms with van der Waals surface area (Å²) in [6.45, 7) is -0.525. The van der Waals surface area contributed by atoms with Gasteiger partial charge < -0.3 is 5.11 Å². The number of carbonyl (C=O) groups excluding carboxylic acids is 1. The second-order valence-corrected chi connectivity index (χ2v) is 8.88. The Labute approximate surface area is 184 Å². The minimum atomic E-state index is -1.17. The summed E-state index contributed by atoms with van der Waals surface area (Å²) >= 11 is 7.41. The highest BCUT2D eigenvalue weighted by Crippen LogP contribution is 2.34. The molecule has 4 rings (SSSR count). The second kappa shape index (κ2) is 8.42. The topological polar surface area (TPSA) is 92.0 Å². The Morgan fingerprint density at radius 3 is 2.63 bits per heavy atom. The summed E-state index contributed by atoms with van der Waals surface area (Å²) in [5.41, 5.74) is 0.391. The number of pyridine rings is 1. The zero-order valence-electron chi connectivity index (χ0n) is 15.2. The van der Waals surface area contributed by atoms with Crippen LogP contribution in [0, 0.1) is 0 Å². The molecule has 7 nitrogen and oxygen atoms in total. The van der Waals surface area contributed by atoms with Gasteiger partial charge in [-0.25, -0.2) is 4.98 Å². The van der Waals surface area contributed by atoms with Crippen molar-refractivity contribution >= 4 is 63.7 Å². The van der Waals surface area contributed by atoms with E-state index in [0.29, 0.717) is 10.7 Å². The summed E-state index contributed by atoms with van der Waals surface area (Å²) in [5, 5.41) is 9.45. The smallest absolute Gasteiger partial charge is 0.323 e. The molecule has 150 valence electrons. The van der Waals surface area contributed by atoms with Crippen LogP contribution in [0.15, 0.2) is 74.3 Å². The van der Waals surface area contributed by atoms with Crippen molar-refractivity contribution in [1.29, 1.82) is 0 Å². The molecule has 0 saturated carbocycles. The van der Waals surface area contributed by atoms with Gasteiger partial charge in [-0.1, -0.05) is 60.0 Å². The quantitative estimate of drug-likeness (QED) is 0.356. The standard InChI is InChI=1S/C20H13N3O4S3/c24-16(25)11-23-19(27)14(30-20(23)28)10-13-17(29-12-6-2-1-3-7-12)21-15-8-4-5-9-22(15)18(13)26/h1-10H,11H2,(H,24,25)/b14-10+. The number of fused-ring (bicyclic) bond motifs is 1. The lowest BCUT2D eigenvalue weighted by Gasteiger charge is -2.10. The highest BCUT2D eigenvalue weighted by atomic mass is 32.2. The molecule has 2 aromatic heterocycles. The van der Waals surface area contributed by atoms with Crippen molar-refractivity contribution in [3.8, 4) is 0 Å². The van der Waals surface area contributed by atoms with Crippen molar-refractivity contribution in [2.45, 2.75) is 9.92 Å². The van der Waals surface area contributed by atoms with Crippen LogP contribution in [-0.2, 0) is 9.59 Å². The van der Waals surface area contributed by atoms with Crippen LogP contribution in [-0.4, -0.2) is 42.1 Å². The lowest BCUT2D eigenvalue weighted by molar-refractivity contribution is -0.140. The normalized spacial score (nSPS) is 15.3. The summed E-state index contributed by atoms with van der Waals surface area (Å²) in [5.74, 6) is -1.71. The van der Waals surface area contributed by atoms with Crippen LogP contribution >= 0.6 is 35.7 Å². The van der Waals surface area contributed by atoms with Crippen LogP contribution in [0.3, 0.4) is 0 Å². The fourth-order valence-corrected chi connectivity index (χ4v) is 4.94.